The third-order valence-corrected chi connectivity index (χ3v) is 1.13. The van der Waals surface area contributed by atoms with Crippen molar-refractivity contribution in [2.24, 2.45) is 0 Å². The molecular formula is C7H6FeNaO2. The van der Waals surface area contributed by atoms with Crippen LogP contribution in [0, 0.1) is 0 Å². The topological polar surface area (TPSA) is 34.1 Å². The van der Waals surface area contributed by atoms with E-state index < -0.39 is 0 Å². The van der Waals surface area contributed by atoms with Crippen LogP contribution in [0.5, 0.6) is 0 Å². The van der Waals surface area contributed by atoms with Gasteiger partial charge in [-0.3, -0.25) is 9.59 Å². The van der Waals surface area contributed by atoms with Gasteiger partial charge in [0.15, 0.2) is 0 Å². The van der Waals surface area contributed by atoms with Gasteiger partial charge in [-0.25, -0.2) is 0 Å². The summed E-state index contributed by atoms with van der Waals surface area (Å²) < 4.78 is 1.22. The summed E-state index contributed by atoms with van der Waals surface area (Å²) in [5.41, 5.74) is 0. The number of hydrogen-bond acceptors (Lipinski definition) is 2. The van der Waals surface area contributed by atoms with Crippen molar-refractivity contribution in [2.75, 3.05) is 0 Å². The number of rotatable bonds is 0. The van der Waals surface area contributed by atoms with E-state index in [0.29, 0.717) is 0 Å². The van der Waals surface area contributed by atoms with E-state index in [1.807, 2.05) is 12.2 Å². The maximum absolute atomic E-state index is 7.50. The van der Waals surface area contributed by atoms with Crippen LogP contribution < -0.4 is 0 Å². The van der Waals surface area contributed by atoms with Gasteiger partial charge in [0, 0.05) is 0 Å². The Bertz CT molecular complexity index is 132. The zero-order valence-electron chi connectivity index (χ0n) is 5.11. The van der Waals surface area contributed by atoms with Gasteiger partial charge in [-0.1, -0.05) is 0 Å². The molecule has 4 heteroatoms. The Morgan fingerprint density at radius 2 is 1.73 bits per heavy atom. The molecule has 0 aliphatic heterocycles. The molecule has 0 spiro atoms. The summed E-state index contributed by atoms with van der Waals surface area (Å²) in [7, 11) is 0. The molecule has 2 nitrogen and oxygen atoms in total. The summed E-state index contributed by atoms with van der Waals surface area (Å²) in [5, 5.41) is 0. The summed E-state index contributed by atoms with van der Waals surface area (Å²) in [4.78, 5) is 15.0. The second-order valence-corrected chi connectivity index (χ2v) is 1.94. The fourth-order valence-corrected chi connectivity index (χ4v) is 0.652. The second-order valence-electron chi connectivity index (χ2n) is 1.23. The molecule has 0 fully saturated rings. The second kappa shape index (κ2) is 16.7. The first-order valence-corrected chi connectivity index (χ1v) is 2.85. The molecule has 55 valence electrons. The molecule has 0 atom stereocenters. The van der Waals surface area contributed by atoms with E-state index in [4.69, 9.17) is 9.59 Å². The third kappa shape index (κ3) is 13.3. The minimum absolute atomic E-state index is 0. The Morgan fingerprint density at radius 3 is 1.82 bits per heavy atom. The van der Waals surface area contributed by atoms with E-state index in [2.05, 4.69) is 35.7 Å². The first-order chi connectivity index (χ1) is 4.89. The van der Waals surface area contributed by atoms with Gasteiger partial charge in [0.25, 0.3) is 13.6 Å². The molecule has 0 aromatic rings. The monoisotopic (exact) mass is 201 g/mol. The maximum atomic E-state index is 7.50. The van der Waals surface area contributed by atoms with Gasteiger partial charge >= 0.3 is 74.7 Å². The molecule has 0 bridgehead atoms. The molecule has 0 heterocycles. The summed E-state index contributed by atoms with van der Waals surface area (Å²) >= 11 is 3.74. The van der Waals surface area contributed by atoms with Crippen LogP contribution >= 0.6 is 0 Å². The fourth-order valence-electron chi connectivity index (χ4n) is 0.416. The van der Waals surface area contributed by atoms with Crippen LogP contribution in [0.4, 0.5) is 0 Å². The van der Waals surface area contributed by atoms with Crippen molar-refractivity contribution < 1.29 is 25.6 Å². The molecule has 0 amide bonds. The first kappa shape index (κ1) is 17.4. The molecule has 0 aromatic heterocycles. The number of hydrogen-bond donors (Lipinski definition) is 0. The van der Waals surface area contributed by atoms with Crippen LogP contribution in [0.1, 0.15) is 6.42 Å². The average molecular weight is 201 g/mol. The number of allylic oxidation sites excluding steroid dienone is 4. The van der Waals surface area contributed by atoms with Crippen LogP contribution in [0.15, 0.2) is 22.7 Å². The Labute approximate surface area is 97.2 Å². The third-order valence-electron chi connectivity index (χ3n) is 0.717. The van der Waals surface area contributed by atoms with Gasteiger partial charge in [-0.05, 0) is 0 Å². The van der Waals surface area contributed by atoms with E-state index in [1.165, 1.54) is 4.47 Å². The van der Waals surface area contributed by atoms with E-state index in [9.17, 15) is 0 Å². The zero-order chi connectivity index (χ0) is 8.41. The molecule has 0 N–H and O–H groups in total. The van der Waals surface area contributed by atoms with Gasteiger partial charge < -0.3 is 0 Å². The zero-order valence-corrected chi connectivity index (χ0v) is 6.21. The normalized spacial score (nSPS) is 10.8. The SMILES string of the molecule is [C]=O.[C]=O.[Fe][C]1=CC=CC1.[NaH]. The Kier molecular flexibility index (Phi) is 26.5. The number of carbonyl (C=O) groups excluding carboxylic acids is 2. The van der Waals surface area contributed by atoms with Gasteiger partial charge in [-0.2, -0.15) is 0 Å². The predicted octanol–water partition coefficient (Wildman–Crippen LogP) is -0.0657. The van der Waals surface area contributed by atoms with Gasteiger partial charge in [0.2, 0.25) is 0 Å². The first-order valence-electron chi connectivity index (χ1n) is 2.30. The minimum atomic E-state index is 0. The average Bonchev–Trinajstić information content (AvgIpc) is 2.48. The Morgan fingerprint density at radius 1 is 1.27 bits per heavy atom. The standard InChI is InChI=1S/C5H5.2CO.Fe.Na.H/c1-2-4-5-3-1;2*1-2;;;/h1-3H,4H2;;;;;. The predicted molar refractivity (Wildman–Crippen MR) is 40.4 cm³/mol. The molecular weight excluding hydrogens is 195 g/mol. The molecule has 1 rings (SSSR count). The summed E-state index contributed by atoms with van der Waals surface area (Å²) in [6.45, 7) is 9.00. The van der Waals surface area contributed by atoms with Crippen LogP contribution in [-0.2, 0) is 25.6 Å². The Balaban J connectivity index is -0.000000114. The van der Waals surface area contributed by atoms with Gasteiger partial charge in [0.05, 0.1) is 0 Å². The summed E-state index contributed by atoms with van der Waals surface area (Å²) in [6.07, 6.45) is 7.21. The molecule has 0 saturated heterocycles. The van der Waals surface area contributed by atoms with Crippen molar-refractivity contribution in [1.82, 2.24) is 0 Å². The quantitative estimate of drug-likeness (QED) is 0.514. The summed E-state index contributed by atoms with van der Waals surface area (Å²) in [6, 6.07) is 0. The van der Waals surface area contributed by atoms with Crippen molar-refractivity contribution in [1.29, 1.82) is 0 Å². The molecule has 1 aliphatic carbocycles. The molecule has 0 saturated carbocycles. The van der Waals surface area contributed by atoms with Crippen molar-refractivity contribution in [3.05, 3.63) is 22.7 Å². The summed E-state index contributed by atoms with van der Waals surface area (Å²) in [5.74, 6) is 0. The van der Waals surface area contributed by atoms with Crippen LogP contribution in [0.25, 0.3) is 0 Å². The van der Waals surface area contributed by atoms with Crippen LogP contribution in [-0.4, -0.2) is 43.1 Å². The molecule has 1 aliphatic rings. The van der Waals surface area contributed by atoms with Crippen LogP contribution in [0.3, 0.4) is 0 Å². The van der Waals surface area contributed by atoms with Crippen molar-refractivity contribution >= 4 is 43.1 Å². The van der Waals surface area contributed by atoms with Gasteiger partial charge in [0.1, 0.15) is 0 Å². The van der Waals surface area contributed by atoms with E-state index in [-0.39, 0.29) is 29.6 Å². The fraction of sp³-hybridized carbons (Fsp3) is 0.143. The molecule has 0 aromatic carbocycles. The van der Waals surface area contributed by atoms with E-state index >= 15 is 0 Å². The van der Waals surface area contributed by atoms with Gasteiger partial charge in [-0.15, -0.1) is 0 Å². The molecule has 4 radical (unpaired) electrons. The Hall–Kier alpha value is 0.339. The van der Waals surface area contributed by atoms with Crippen molar-refractivity contribution in [3.63, 3.8) is 0 Å². The van der Waals surface area contributed by atoms with Crippen molar-refractivity contribution in [3.8, 4) is 0 Å². The van der Waals surface area contributed by atoms with Crippen molar-refractivity contribution in [2.45, 2.75) is 6.42 Å². The van der Waals surface area contributed by atoms with E-state index in [0.717, 1.165) is 6.42 Å². The molecule has 11 heavy (non-hydrogen) atoms. The molecule has 0 unspecified atom stereocenters. The van der Waals surface area contributed by atoms with Crippen LogP contribution in [0.2, 0.25) is 0 Å². The van der Waals surface area contributed by atoms with E-state index in [1.54, 1.807) is 0 Å².